The van der Waals surface area contributed by atoms with Gasteiger partial charge < -0.3 is 10.3 Å². The topological polar surface area (TPSA) is 106 Å². The van der Waals surface area contributed by atoms with Crippen LogP contribution in [0.3, 0.4) is 0 Å². The van der Waals surface area contributed by atoms with Gasteiger partial charge in [-0.2, -0.15) is 0 Å². The fourth-order valence-electron chi connectivity index (χ4n) is 2.85. The van der Waals surface area contributed by atoms with Gasteiger partial charge in [0, 0.05) is 24.6 Å². The zero-order valence-electron chi connectivity index (χ0n) is 11.1. The molecule has 0 aliphatic carbocycles. The van der Waals surface area contributed by atoms with E-state index in [9.17, 15) is 9.59 Å². The second-order valence-corrected chi connectivity index (χ2v) is 5.18. The normalized spacial score (nSPS) is 16.9. The molecule has 21 heavy (non-hydrogen) atoms. The number of benzene rings is 1. The molecular weight excluding hydrogens is 270 g/mol. The molecule has 106 valence electrons. The van der Waals surface area contributed by atoms with Crippen molar-refractivity contribution in [1.82, 2.24) is 19.9 Å². The minimum Gasteiger partial charge on any atom is -0.384 e. The molecule has 7 heteroatoms. The maximum atomic E-state index is 11.7. The highest BCUT2D eigenvalue weighted by Gasteiger charge is 2.23. The number of fused-ring (bicyclic) bond motifs is 2. The SMILES string of the molecule is O=c1[nH]c(=O)c2[nH]c(CC3CNc4ccccc43)nc2[nH]1. The first-order valence-corrected chi connectivity index (χ1v) is 6.75. The van der Waals surface area contributed by atoms with E-state index >= 15 is 0 Å². The van der Waals surface area contributed by atoms with Gasteiger partial charge in [-0.3, -0.25) is 14.8 Å². The van der Waals surface area contributed by atoms with E-state index in [0.29, 0.717) is 29.3 Å². The minimum atomic E-state index is -0.543. The predicted octanol–water partition coefficient (Wildman–Crippen LogP) is 0.691. The number of aromatic amines is 3. The smallest absolute Gasteiger partial charge is 0.327 e. The van der Waals surface area contributed by atoms with Crippen molar-refractivity contribution in [1.29, 1.82) is 0 Å². The number of hydrogen-bond acceptors (Lipinski definition) is 4. The van der Waals surface area contributed by atoms with Crippen molar-refractivity contribution in [2.75, 3.05) is 11.9 Å². The summed E-state index contributed by atoms with van der Waals surface area (Å²) >= 11 is 0. The lowest BCUT2D eigenvalue weighted by molar-refractivity contribution is 0.723. The number of H-pyrrole nitrogens is 3. The maximum absolute atomic E-state index is 11.7. The lowest BCUT2D eigenvalue weighted by Crippen LogP contribution is -2.21. The van der Waals surface area contributed by atoms with Crippen LogP contribution in [0.25, 0.3) is 11.2 Å². The molecule has 0 amide bonds. The number of imidazole rings is 1. The number of rotatable bonds is 2. The van der Waals surface area contributed by atoms with Gasteiger partial charge in [-0.15, -0.1) is 0 Å². The van der Waals surface area contributed by atoms with Gasteiger partial charge in [0.2, 0.25) is 0 Å². The van der Waals surface area contributed by atoms with E-state index in [1.54, 1.807) is 0 Å². The first-order valence-electron chi connectivity index (χ1n) is 6.75. The molecular formula is C14H13N5O2. The molecule has 1 atom stereocenters. The highest BCUT2D eigenvalue weighted by Crippen LogP contribution is 2.32. The van der Waals surface area contributed by atoms with E-state index in [-0.39, 0.29) is 0 Å². The Morgan fingerprint density at radius 1 is 1.14 bits per heavy atom. The Hall–Kier alpha value is -2.83. The zero-order valence-corrected chi connectivity index (χ0v) is 11.1. The second kappa shape index (κ2) is 4.34. The molecule has 1 unspecified atom stereocenters. The Bertz CT molecular complexity index is 936. The van der Waals surface area contributed by atoms with E-state index < -0.39 is 11.2 Å². The van der Waals surface area contributed by atoms with Crippen molar-refractivity contribution in [2.45, 2.75) is 12.3 Å². The summed E-state index contributed by atoms with van der Waals surface area (Å²) < 4.78 is 0. The van der Waals surface area contributed by atoms with Gasteiger partial charge in [0.1, 0.15) is 11.3 Å². The Morgan fingerprint density at radius 3 is 2.90 bits per heavy atom. The van der Waals surface area contributed by atoms with Crippen molar-refractivity contribution in [2.24, 2.45) is 0 Å². The molecule has 7 nitrogen and oxygen atoms in total. The van der Waals surface area contributed by atoms with E-state index in [1.165, 1.54) is 5.56 Å². The molecule has 3 aromatic rings. The van der Waals surface area contributed by atoms with Gasteiger partial charge in [-0.1, -0.05) is 18.2 Å². The van der Waals surface area contributed by atoms with E-state index in [0.717, 1.165) is 12.2 Å². The monoisotopic (exact) mass is 283 g/mol. The Kier molecular flexibility index (Phi) is 2.47. The predicted molar refractivity (Wildman–Crippen MR) is 78.7 cm³/mol. The Balaban J connectivity index is 1.71. The quantitative estimate of drug-likeness (QED) is 0.555. The van der Waals surface area contributed by atoms with E-state index in [1.807, 2.05) is 12.1 Å². The molecule has 4 rings (SSSR count). The summed E-state index contributed by atoms with van der Waals surface area (Å²) in [4.78, 5) is 35.0. The number of anilines is 1. The highest BCUT2D eigenvalue weighted by molar-refractivity contribution is 5.68. The minimum absolute atomic E-state index is 0.299. The Labute approximate surface area is 118 Å². The third kappa shape index (κ3) is 1.94. The second-order valence-electron chi connectivity index (χ2n) is 5.18. The summed E-state index contributed by atoms with van der Waals surface area (Å²) in [6, 6.07) is 8.16. The van der Waals surface area contributed by atoms with Crippen LogP contribution in [0.1, 0.15) is 17.3 Å². The van der Waals surface area contributed by atoms with Crippen molar-refractivity contribution < 1.29 is 0 Å². The van der Waals surface area contributed by atoms with Gasteiger partial charge >= 0.3 is 5.69 Å². The van der Waals surface area contributed by atoms with E-state index in [2.05, 4.69) is 37.4 Å². The lowest BCUT2D eigenvalue weighted by atomic mass is 9.98. The average Bonchev–Trinajstić information content (AvgIpc) is 3.04. The van der Waals surface area contributed by atoms with Crippen LogP contribution in [0.2, 0.25) is 0 Å². The molecule has 0 radical (unpaired) electrons. The van der Waals surface area contributed by atoms with Gasteiger partial charge in [0.05, 0.1) is 0 Å². The highest BCUT2D eigenvalue weighted by atomic mass is 16.2. The molecule has 0 bridgehead atoms. The summed E-state index contributed by atoms with van der Waals surface area (Å²) in [6.07, 6.45) is 0.681. The van der Waals surface area contributed by atoms with Crippen LogP contribution < -0.4 is 16.6 Å². The van der Waals surface area contributed by atoms with Crippen LogP contribution in [-0.4, -0.2) is 26.5 Å². The number of hydrogen-bond donors (Lipinski definition) is 4. The van der Waals surface area contributed by atoms with Crippen LogP contribution in [0, 0.1) is 0 Å². The largest absolute Gasteiger partial charge is 0.384 e. The zero-order chi connectivity index (χ0) is 14.4. The van der Waals surface area contributed by atoms with Crippen LogP contribution in [0.15, 0.2) is 33.9 Å². The van der Waals surface area contributed by atoms with Crippen LogP contribution >= 0.6 is 0 Å². The summed E-state index contributed by atoms with van der Waals surface area (Å²) in [5.41, 5.74) is 2.02. The molecule has 1 aliphatic heterocycles. The van der Waals surface area contributed by atoms with Crippen LogP contribution in [0.5, 0.6) is 0 Å². The molecule has 0 spiro atoms. The molecule has 1 aliphatic rings. The molecule has 0 saturated carbocycles. The standard InChI is InChI=1S/C14H13N5O2/c20-13-11-12(18-14(21)19-13)17-10(16-11)5-7-6-15-9-4-2-1-3-8(7)9/h1-4,7,15H,5-6H2,(H3,16,17,18,19,20,21). The third-order valence-electron chi connectivity index (χ3n) is 3.82. The molecule has 2 aromatic heterocycles. The summed E-state index contributed by atoms with van der Waals surface area (Å²) in [5.74, 6) is 0.994. The number of aromatic nitrogens is 4. The Morgan fingerprint density at radius 2 is 2.00 bits per heavy atom. The summed E-state index contributed by atoms with van der Waals surface area (Å²) in [7, 11) is 0. The van der Waals surface area contributed by atoms with E-state index in [4.69, 9.17) is 0 Å². The first-order chi connectivity index (χ1) is 10.2. The fourth-order valence-corrected chi connectivity index (χ4v) is 2.85. The maximum Gasteiger partial charge on any atom is 0.327 e. The van der Waals surface area contributed by atoms with Crippen LogP contribution in [-0.2, 0) is 6.42 Å². The number of para-hydroxylation sites is 1. The van der Waals surface area contributed by atoms with Gasteiger partial charge in [-0.05, 0) is 11.6 Å². The molecule has 3 heterocycles. The first kappa shape index (κ1) is 12.0. The molecule has 4 N–H and O–H groups in total. The molecule has 1 aromatic carbocycles. The summed E-state index contributed by atoms with van der Waals surface area (Å²) in [6.45, 7) is 0.837. The number of nitrogens with zero attached hydrogens (tertiary/aromatic N) is 1. The van der Waals surface area contributed by atoms with Crippen LogP contribution in [0.4, 0.5) is 5.69 Å². The van der Waals surface area contributed by atoms with Crippen molar-refractivity contribution in [3.05, 3.63) is 56.5 Å². The lowest BCUT2D eigenvalue weighted by Gasteiger charge is -2.07. The van der Waals surface area contributed by atoms with Crippen molar-refractivity contribution in [3.8, 4) is 0 Å². The number of nitrogens with one attached hydrogen (secondary N) is 4. The summed E-state index contributed by atoms with van der Waals surface area (Å²) in [5, 5.41) is 3.36. The molecule has 0 saturated heterocycles. The molecule has 0 fully saturated rings. The van der Waals surface area contributed by atoms with Crippen molar-refractivity contribution >= 4 is 16.9 Å². The van der Waals surface area contributed by atoms with Gasteiger partial charge in [0.25, 0.3) is 5.56 Å². The fraction of sp³-hybridized carbons (Fsp3) is 0.214. The third-order valence-corrected chi connectivity index (χ3v) is 3.82. The average molecular weight is 283 g/mol. The van der Waals surface area contributed by atoms with Gasteiger partial charge in [0.15, 0.2) is 5.65 Å². The van der Waals surface area contributed by atoms with Crippen molar-refractivity contribution in [3.63, 3.8) is 0 Å². The van der Waals surface area contributed by atoms with Gasteiger partial charge in [-0.25, -0.2) is 9.78 Å².